The number of carbonyl (C=O) groups is 1. The Morgan fingerprint density at radius 2 is 2.16 bits per heavy atom. The maximum Gasteiger partial charge on any atom is 0.185 e. The molecule has 1 heterocycles. The minimum Gasteiger partial charge on any atom is -0.330 e. The molecule has 2 rings (SSSR count). The summed E-state index contributed by atoms with van der Waals surface area (Å²) in [7, 11) is 0. The number of nitrogens with zero attached hydrogens (tertiary/aromatic N) is 2. The molecule has 0 unspecified atom stereocenters. The number of carbonyl (C=O) groups excluding carboxylic acids is 1. The van der Waals surface area contributed by atoms with Gasteiger partial charge in [0.15, 0.2) is 5.78 Å². The third-order valence-corrected chi connectivity index (χ3v) is 4.29. The minimum absolute atomic E-state index is 0.0904. The minimum atomic E-state index is 0.0904. The van der Waals surface area contributed by atoms with Crippen LogP contribution in [0.15, 0.2) is 6.20 Å². The van der Waals surface area contributed by atoms with Gasteiger partial charge in [0.2, 0.25) is 0 Å². The highest BCUT2D eigenvalue weighted by molar-refractivity contribution is 6.33. The van der Waals surface area contributed by atoms with Crippen molar-refractivity contribution >= 4 is 17.4 Å². The Morgan fingerprint density at radius 3 is 2.74 bits per heavy atom. The lowest BCUT2D eigenvalue weighted by Gasteiger charge is -2.26. The van der Waals surface area contributed by atoms with E-state index in [2.05, 4.69) is 12.0 Å². The first kappa shape index (κ1) is 14.5. The Kier molecular flexibility index (Phi) is 4.99. The molecule has 106 valence electrons. The number of hydrogen-bond donors (Lipinski definition) is 1. The molecule has 0 atom stereocenters. The fraction of sp³-hybridized carbons (Fsp3) is 0.714. The monoisotopic (exact) mass is 283 g/mol. The molecular formula is C14H22ClN3O. The van der Waals surface area contributed by atoms with Crippen molar-refractivity contribution < 1.29 is 4.79 Å². The lowest BCUT2D eigenvalue weighted by molar-refractivity contribution is 0.0862. The van der Waals surface area contributed by atoms with Gasteiger partial charge in [-0.2, -0.15) is 5.10 Å². The number of nitrogens with two attached hydrogens (primary N) is 1. The highest BCUT2D eigenvalue weighted by atomic mass is 35.5. The third-order valence-electron chi connectivity index (χ3n) is 4.01. The topological polar surface area (TPSA) is 60.9 Å². The molecule has 0 radical (unpaired) electrons. The van der Waals surface area contributed by atoms with Gasteiger partial charge in [-0.1, -0.05) is 18.5 Å². The van der Waals surface area contributed by atoms with E-state index >= 15 is 0 Å². The molecule has 1 aliphatic carbocycles. The second-order valence-corrected chi connectivity index (χ2v) is 5.79. The molecule has 0 saturated heterocycles. The van der Waals surface area contributed by atoms with E-state index in [0.29, 0.717) is 16.6 Å². The summed E-state index contributed by atoms with van der Waals surface area (Å²) < 4.78 is 1.75. The zero-order valence-electron chi connectivity index (χ0n) is 11.4. The van der Waals surface area contributed by atoms with E-state index in [4.69, 9.17) is 17.3 Å². The number of halogens is 1. The molecule has 0 spiro atoms. The summed E-state index contributed by atoms with van der Waals surface area (Å²) in [5, 5.41) is 4.68. The van der Waals surface area contributed by atoms with E-state index < -0.39 is 0 Å². The van der Waals surface area contributed by atoms with Crippen LogP contribution in [0.2, 0.25) is 5.02 Å². The van der Waals surface area contributed by atoms with Gasteiger partial charge in [-0.05, 0) is 44.6 Å². The first-order chi connectivity index (χ1) is 9.17. The Balaban J connectivity index is 2.09. The quantitative estimate of drug-likeness (QED) is 0.845. The van der Waals surface area contributed by atoms with E-state index in [1.165, 1.54) is 0 Å². The van der Waals surface area contributed by atoms with Crippen LogP contribution in [0.5, 0.6) is 0 Å². The molecular weight excluding hydrogens is 262 g/mol. The van der Waals surface area contributed by atoms with Crippen molar-refractivity contribution in [1.82, 2.24) is 9.78 Å². The molecule has 1 aliphatic rings. The first-order valence-electron chi connectivity index (χ1n) is 7.13. The molecule has 0 bridgehead atoms. The third kappa shape index (κ3) is 3.18. The molecule has 1 aromatic heterocycles. The number of aromatic nitrogens is 2. The van der Waals surface area contributed by atoms with Crippen molar-refractivity contribution in [2.24, 2.45) is 17.6 Å². The first-order valence-corrected chi connectivity index (χ1v) is 7.50. The molecule has 4 nitrogen and oxygen atoms in total. The number of Topliss-reactive ketones (excluding diaryl/α,β-unsaturated/α-hetero) is 1. The van der Waals surface area contributed by atoms with Crippen molar-refractivity contribution in [3.63, 3.8) is 0 Å². The van der Waals surface area contributed by atoms with Gasteiger partial charge in [-0.25, -0.2) is 0 Å². The predicted molar refractivity (Wildman–Crippen MR) is 76.4 cm³/mol. The van der Waals surface area contributed by atoms with Gasteiger partial charge < -0.3 is 5.73 Å². The number of hydrogen-bond acceptors (Lipinski definition) is 3. The van der Waals surface area contributed by atoms with Crippen LogP contribution >= 0.6 is 11.6 Å². The second kappa shape index (κ2) is 6.53. The molecule has 2 N–H and O–H groups in total. The predicted octanol–water partition coefficient (Wildman–Crippen LogP) is 2.89. The van der Waals surface area contributed by atoms with Crippen LogP contribution in [0, 0.1) is 11.8 Å². The van der Waals surface area contributed by atoms with Gasteiger partial charge in [-0.15, -0.1) is 0 Å². The van der Waals surface area contributed by atoms with Crippen LogP contribution in [0.1, 0.15) is 49.5 Å². The second-order valence-electron chi connectivity index (χ2n) is 5.38. The Hall–Kier alpha value is -0.870. The van der Waals surface area contributed by atoms with E-state index in [0.717, 1.165) is 45.2 Å². The van der Waals surface area contributed by atoms with Crippen LogP contribution in [0.3, 0.4) is 0 Å². The summed E-state index contributed by atoms with van der Waals surface area (Å²) in [6.45, 7) is 3.54. The van der Waals surface area contributed by atoms with Gasteiger partial charge >= 0.3 is 0 Å². The lowest BCUT2D eigenvalue weighted by atomic mass is 9.79. The van der Waals surface area contributed by atoms with Gasteiger partial charge in [0, 0.05) is 12.5 Å². The van der Waals surface area contributed by atoms with Crippen LogP contribution in [0.4, 0.5) is 0 Å². The highest BCUT2D eigenvalue weighted by Gasteiger charge is 2.29. The molecule has 19 heavy (non-hydrogen) atoms. The van der Waals surface area contributed by atoms with Crippen LogP contribution in [0.25, 0.3) is 0 Å². The normalized spacial score (nSPS) is 23.5. The van der Waals surface area contributed by atoms with Crippen molar-refractivity contribution in [3.8, 4) is 0 Å². The Labute approximate surface area is 119 Å². The summed E-state index contributed by atoms with van der Waals surface area (Å²) in [6.07, 6.45) is 6.47. The SMILES string of the molecule is CCCn1ncc(Cl)c1C(=O)C1CCC(CN)CC1. The van der Waals surface area contributed by atoms with E-state index in [-0.39, 0.29) is 11.7 Å². The van der Waals surface area contributed by atoms with Crippen molar-refractivity contribution in [3.05, 3.63) is 16.9 Å². The van der Waals surface area contributed by atoms with Crippen LogP contribution < -0.4 is 5.73 Å². The average molecular weight is 284 g/mol. The van der Waals surface area contributed by atoms with Gasteiger partial charge in [-0.3, -0.25) is 9.48 Å². The van der Waals surface area contributed by atoms with Crippen molar-refractivity contribution in [2.45, 2.75) is 45.6 Å². The molecule has 0 amide bonds. The highest BCUT2D eigenvalue weighted by Crippen LogP contribution is 2.32. The summed E-state index contributed by atoms with van der Waals surface area (Å²) >= 11 is 6.13. The maximum absolute atomic E-state index is 12.6. The van der Waals surface area contributed by atoms with E-state index in [9.17, 15) is 4.79 Å². The molecule has 5 heteroatoms. The van der Waals surface area contributed by atoms with Crippen LogP contribution in [-0.2, 0) is 6.54 Å². The Morgan fingerprint density at radius 1 is 1.47 bits per heavy atom. The summed E-state index contributed by atoms with van der Waals surface area (Å²) in [5.74, 6) is 0.833. The standard InChI is InChI=1S/C14H22ClN3O/c1-2-7-18-13(12(15)9-17-18)14(19)11-5-3-10(8-16)4-6-11/h9-11H,2-8,16H2,1H3. The van der Waals surface area contributed by atoms with E-state index in [1.807, 2.05) is 0 Å². The number of aryl methyl sites for hydroxylation is 1. The fourth-order valence-corrected chi connectivity index (χ4v) is 3.08. The van der Waals surface area contributed by atoms with Gasteiger partial charge in [0.1, 0.15) is 5.69 Å². The fourth-order valence-electron chi connectivity index (χ4n) is 2.84. The summed E-state index contributed by atoms with van der Waals surface area (Å²) in [4.78, 5) is 12.6. The summed E-state index contributed by atoms with van der Waals surface area (Å²) in [5.41, 5.74) is 6.28. The lowest BCUT2D eigenvalue weighted by Crippen LogP contribution is -2.27. The molecule has 0 aromatic carbocycles. The van der Waals surface area contributed by atoms with E-state index in [1.54, 1.807) is 10.9 Å². The molecule has 1 aromatic rings. The van der Waals surface area contributed by atoms with Gasteiger partial charge in [0.25, 0.3) is 0 Å². The number of ketones is 1. The average Bonchev–Trinajstić information content (AvgIpc) is 2.80. The number of rotatable bonds is 5. The smallest absolute Gasteiger partial charge is 0.185 e. The summed E-state index contributed by atoms with van der Waals surface area (Å²) in [6, 6.07) is 0. The zero-order valence-corrected chi connectivity index (χ0v) is 12.2. The maximum atomic E-state index is 12.6. The molecule has 1 fully saturated rings. The largest absolute Gasteiger partial charge is 0.330 e. The molecule has 0 aliphatic heterocycles. The Bertz CT molecular complexity index is 436. The van der Waals surface area contributed by atoms with Crippen LogP contribution in [-0.4, -0.2) is 22.1 Å². The zero-order chi connectivity index (χ0) is 13.8. The molecule has 1 saturated carbocycles. The van der Waals surface area contributed by atoms with Gasteiger partial charge in [0.05, 0.1) is 11.2 Å². The van der Waals surface area contributed by atoms with Crippen molar-refractivity contribution in [1.29, 1.82) is 0 Å². The van der Waals surface area contributed by atoms with Crippen molar-refractivity contribution in [2.75, 3.05) is 6.54 Å².